The molecule has 0 saturated carbocycles. The molecule has 0 atom stereocenters. The number of carbonyl (C=O) groups is 4. The third kappa shape index (κ3) is 14.6. The van der Waals surface area contributed by atoms with Gasteiger partial charge in [-0.15, -0.1) is 0 Å². The number of aromatic nitrogens is 6. The molecule has 10 aromatic rings. The lowest BCUT2D eigenvalue weighted by Gasteiger charge is -2.23. The van der Waals surface area contributed by atoms with Crippen molar-refractivity contribution in [2.45, 2.75) is 29.4 Å². The van der Waals surface area contributed by atoms with Crippen molar-refractivity contribution in [3.63, 3.8) is 0 Å². The molecule has 2 aromatic heterocycles. The minimum atomic E-state index is -5.22. The van der Waals surface area contributed by atoms with Gasteiger partial charge >= 0.3 is 0 Å². The van der Waals surface area contributed by atoms with E-state index in [4.69, 9.17) is 34.7 Å². The van der Waals surface area contributed by atoms with Crippen LogP contribution in [0.15, 0.2) is 183 Å². The fourth-order valence-electron chi connectivity index (χ4n) is 10.9. The number of halogens is 2. The summed E-state index contributed by atoms with van der Waals surface area (Å²) in [5.74, 6) is -3.35. The molecule has 8 aromatic carbocycles. The molecule has 0 saturated heterocycles. The summed E-state index contributed by atoms with van der Waals surface area (Å²) >= 11 is 12.6. The molecule has 44 heteroatoms. The quantitative estimate of drug-likeness (QED) is 0.0305. The highest BCUT2D eigenvalue weighted by Gasteiger charge is 2.39. The monoisotopic (exact) mass is 1570 g/mol. The van der Waals surface area contributed by atoms with Gasteiger partial charge in [0.1, 0.15) is 29.4 Å². The molecule has 12 rings (SSSR count). The minimum absolute atomic E-state index is 0.0911. The molecule has 0 aliphatic heterocycles. The van der Waals surface area contributed by atoms with Crippen molar-refractivity contribution >= 4 is 176 Å². The van der Waals surface area contributed by atoms with Crippen molar-refractivity contribution in [1.29, 1.82) is 0 Å². The van der Waals surface area contributed by atoms with Crippen LogP contribution in [0.2, 0.25) is 10.6 Å². The molecule has 532 valence electrons. The van der Waals surface area contributed by atoms with Gasteiger partial charge in [-0.1, -0.05) is 72.8 Å². The van der Waals surface area contributed by atoms with Crippen molar-refractivity contribution < 1.29 is 97.0 Å². The van der Waals surface area contributed by atoms with E-state index in [1.807, 2.05) is 0 Å². The first-order valence-corrected chi connectivity index (χ1v) is 37.8. The number of ketones is 4. The summed E-state index contributed by atoms with van der Waals surface area (Å²) in [6.07, 6.45) is 2.01. The van der Waals surface area contributed by atoms with Crippen LogP contribution in [0.1, 0.15) is 74.8 Å². The van der Waals surface area contributed by atoms with Gasteiger partial charge in [0.15, 0.2) is 23.1 Å². The molecule has 2 aliphatic rings. The lowest BCUT2D eigenvalue weighted by molar-refractivity contribution is 0.0980. The van der Waals surface area contributed by atoms with Gasteiger partial charge in [0.25, 0.3) is 60.7 Å². The number of anilines is 6. The Balaban J connectivity index is 0.854. The van der Waals surface area contributed by atoms with Gasteiger partial charge in [-0.05, 0) is 107 Å². The average Bonchev–Trinajstić information content (AvgIpc) is 0.732. The highest BCUT2D eigenvalue weighted by molar-refractivity contribution is 7.87. The van der Waals surface area contributed by atoms with E-state index in [0.717, 1.165) is 97.1 Å². The zero-order valence-corrected chi connectivity index (χ0v) is 57.5. The number of benzene rings is 8. The lowest BCUT2D eigenvalue weighted by atomic mass is 9.82. The number of fused-ring (bicyclic) bond motifs is 4. The molecular formula is C60H40Cl2N14O22S6. The molecule has 104 heavy (non-hydrogen) atoms. The molecule has 0 spiro atoms. The fraction of sp³-hybridized carbons (Fsp3) is 0. The largest absolute Gasteiger partial charge is 0.397 e. The van der Waals surface area contributed by atoms with Gasteiger partial charge < -0.3 is 32.1 Å². The van der Waals surface area contributed by atoms with Crippen LogP contribution in [0.4, 0.5) is 56.9 Å². The first kappa shape index (κ1) is 72.4. The number of hydrogen-bond donors (Lipinski definition) is 14. The summed E-state index contributed by atoms with van der Waals surface area (Å²) in [6.45, 7) is 0. The number of carbonyl (C=O) groups excluding carboxylic acids is 4. The van der Waals surface area contributed by atoms with Crippen molar-refractivity contribution in [3.8, 4) is 0 Å². The number of nitrogen functional groups attached to an aromatic ring is 2. The van der Waals surface area contributed by atoms with Crippen LogP contribution in [0.25, 0.3) is 12.2 Å². The normalized spacial score (nSPS) is 14.2. The van der Waals surface area contributed by atoms with E-state index in [1.165, 1.54) is 48.5 Å². The number of nitrogens with one attached hydrogen (secondary N) is 6. The molecule has 0 amide bonds. The number of H-pyrrole nitrogens is 4. The Morgan fingerprint density at radius 1 is 0.375 bits per heavy atom. The van der Waals surface area contributed by atoms with E-state index in [0.29, 0.717) is 0 Å². The number of aromatic amines is 4. The number of rotatable bonds is 16. The SMILES string of the molecule is Nc1c(S(=O)(=O)O)cc(Nc2ccc(S(=O)(=O)O)c(N=c3[nH]c(Cl)nc(=Nc4ccc(C=Cc5ccc(N=c6nc(Cl)[nH]c(=Nc7cc(Nc8cc(S(=O)(=O)O)c(N)c9c8C(=O)c8ccccc8C9=O)ccc7S(=O)(=O)O)[nH]6)cc5S(=O)(=O)O)c(S(=O)(=O)O)c4)[nH]3)c2)c2c1C(=O)c1ccccc1C2=O. The van der Waals surface area contributed by atoms with E-state index in [2.05, 4.69) is 60.5 Å². The summed E-state index contributed by atoms with van der Waals surface area (Å²) in [5.41, 5.74) is 2.60. The molecule has 0 fully saturated rings. The summed E-state index contributed by atoms with van der Waals surface area (Å²) < 4.78 is 214. The second kappa shape index (κ2) is 26.5. The van der Waals surface area contributed by atoms with Crippen molar-refractivity contribution in [3.05, 3.63) is 222 Å². The third-order valence-electron chi connectivity index (χ3n) is 15.2. The van der Waals surface area contributed by atoms with E-state index in [1.54, 1.807) is 0 Å². The van der Waals surface area contributed by atoms with Gasteiger partial charge in [-0.3, -0.25) is 56.5 Å². The van der Waals surface area contributed by atoms with Crippen LogP contribution in [-0.4, -0.2) is 131 Å². The molecule has 36 nitrogen and oxygen atoms in total. The summed E-state index contributed by atoms with van der Waals surface area (Å²) in [7, 11) is -31.1. The first-order chi connectivity index (χ1) is 48.6. The molecule has 0 bridgehead atoms. The molecular weight excluding hydrogens is 1530 g/mol. The van der Waals surface area contributed by atoms with E-state index in [9.17, 15) is 97.0 Å². The Morgan fingerprint density at radius 2 is 0.692 bits per heavy atom. The lowest BCUT2D eigenvalue weighted by Crippen LogP contribution is -2.26. The topological polar surface area (TPSA) is 609 Å². The van der Waals surface area contributed by atoms with Gasteiger partial charge in [0.05, 0.1) is 67.8 Å². The van der Waals surface area contributed by atoms with Crippen LogP contribution >= 0.6 is 23.2 Å². The number of hydrogen-bond acceptors (Lipinski definition) is 26. The molecule has 2 heterocycles. The van der Waals surface area contributed by atoms with Gasteiger partial charge in [0.2, 0.25) is 33.0 Å². The summed E-state index contributed by atoms with van der Waals surface area (Å²) in [6, 6.07) is 24.4. The van der Waals surface area contributed by atoms with Crippen LogP contribution in [-0.2, 0) is 60.7 Å². The van der Waals surface area contributed by atoms with Crippen LogP contribution in [0, 0.1) is 0 Å². The molecule has 0 radical (unpaired) electrons. The van der Waals surface area contributed by atoms with Crippen molar-refractivity contribution in [1.82, 2.24) is 29.9 Å². The van der Waals surface area contributed by atoms with Gasteiger partial charge in [0, 0.05) is 33.6 Å². The van der Waals surface area contributed by atoms with Crippen molar-refractivity contribution in [2.75, 3.05) is 22.1 Å². The van der Waals surface area contributed by atoms with E-state index < -0.39 is 203 Å². The first-order valence-electron chi connectivity index (χ1n) is 28.4. The van der Waals surface area contributed by atoms with Crippen LogP contribution < -0.4 is 44.6 Å². The summed E-state index contributed by atoms with van der Waals surface area (Å²) in [5, 5.41) is 4.40. The Hall–Kier alpha value is -11.4. The standard InChI is InChI=1S/C60H40Cl2N14O22S6/c61-55-71-57(75-59(73-55)69-35-19-27(15-17-39(35)99(81,82)83)65-37-23-43(103(93,94)95)49(63)47-45(37)51(77)31-5-1-3-7-33(31)53(47)79)67-29-13-11-25(41(21-29)101(87,88)89)9-10-26-12-14-30(22-42(26)102(90,91)92)68-58-72-56(62)74-60(76-58)70-36-20-28(16-18-40(36)100(84,85)86)66-38-24-44(104(96,97)98)50(64)48-46(38)52(78)32-6-2-4-8-34(32)54(48)80/h1-24,65-66H,63-64H2,(H,81,82,83)(H,84,85,86)(H,87,88,89)(H,90,91,92)(H,93,94,95)(H,96,97,98)(H2,67,69,71,73,75)(H2,68,70,72,74,76). The fourth-order valence-corrected chi connectivity index (χ4v) is 15.1. The third-order valence-corrected chi connectivity index (χ3v) is 21.0. The van der Waals surface area contributed by atoms with Crippen LogP contribution in [0.5, 0.6) is 0 Å². The predicted molar refractivity (Wildman–Crippen MR) is 365 cm³/mol. The maximum Gasteiger partial charge on any atom is 0.296 e. The highest BCUT2D eigenvalue weighted by atomic mass is 35.5. The maximum atomic E-state index is 13.9. The minimum Gasteiger partial charge on any atom is -0.397 e. The number of nitrogens with zero attached hydrogens (tertiary/aromatic N) is 6. The zero-order chi connectivity index (χ0) is 75.2. The second-order valence-corrected chi connectivity index (χ2v) is 31.0. The molecule has 0 unspecified atom stereocenters. The number of nitrogens with two attached hydrogens (primary N) is 2. The average molecular weight is 1570 g/mol. The maximum absolute atomic E-state index is 13.9. The van der Waals surface area contributed by atoms with E-state index >= 15 is 0 Å². The Morgan fingerprint density at radius 3 is 1.01 bits per heavy atom. The smallest absolute Gasteiger partial charge is 0.296 e. The van der Waals surface area contributed by atoms with Crippen LogP contribution in [0.3, 0.4) is 0 Å². The highest BCUT2D eigenvalue weighted by Crippen LogP contribution is 2.43. The summed E-state index contributed by atoms with van der Waals surface area (Å²) in [4.78, 5) is 84.7. The predicted octanol–water partition coefficient (Wildman–Crippen LogP) is 5.88. The van der Waals surface area contributed by atoms with Crippen molar-refractivity contribution in [2.24, 2.45) is 20.0 Å². The molecule has 16 N–H and O–H groups in total. The Labute approximate surface area is 592 Å². The molecule has 2 aliphatic carbocycles. The van der Waals surface area contributed by atoms with Gasteiger partial charge in [-0.25, -0.2) is 20.0 Å². The Kier molecular flexibility index (Phi) is 18.4. The van der Waals surface area contributed by atoms with E-state index in [-0.39, 0.29) is 56.1 Å². The Bertz CT molecular complexity index is 6260. The zero-order valence-electron chi connectivity index (χ0n) is 51.1. The second-order valence-electron chi connectivity index (χ2n) is 21.9. The van der Waals surface area contributed by atoms with Gasteiger partial charge in [-0.2, -0.15) is 60.5 Å².